The summed E-state index contributed by atoms with van der Waals surface area (Å²) in [4.78, 5) is 8.80. The average Bonchev–Trinajstić information content (AvgIpc) is 2.91. The van der Waals surface area contributed by atoms with Gasteiger partial charge < -0.3 is 5.73 Å². The zero-order valence-electron chi connectivity index (χ0n) is 10.7. The SMILES string of the molecule is Nc1cnc2ccccc2c1-n1cnc2ccccc21. The first-order chi connectivity index (χ1) is 9.84. The summed E-state index contributed by atoms with van der Waals surface area (Å²) >= 11 is 0. The van der Waals surface area contributed by atoms with E-state index in [9.17, 15) is 0 Å². The molecule has 4 heteroatoms. The number of fused-ring (bicyclic) bond motifs is 2. The Balaban J connectivity index is 2.14. The molecule has 0 atom stereocenters. The molecule has 4 aromatic rings. The van der Waals surface area contributed by atoms with E-state index in [1.165, 1.54) is 0 Å². The minimum Gasteiger partial charge on any atom is -0.396 e. The van der Waals surface area contributed by atoms with Crippen LogP contribution < -0.4 is 5.73 Å². The third-order valence-corrected chi connectivity index (χ3v) is 3.47. The third-order valence-electron chi connectivity index (χ3n) is 3.47. The lowest BCUT2D eigenvalue weighted by molar-refractivity contribution is 1.10. The van der Waals surface area contributed by atoms with E-state index in [2.05, 4.69) is 9.97 Å². The van der Waals surface area contributed by atoms with Gasteiger partial charge in [-0.15, -0.1) is 0 Å². The van der Waals surface area contributed by atoms with Crippen LogP contribution >= 0.6 is 0 Å². The van der Waals surface area contributed by atoms with Crippen molar-refractivity contribution < 1.29 is 0 Å². The normalized spacial score (nSPS) is 11.2. The first-order valence-corrected chi connectivity index (χ1v) is 6.40. The Kier molecular flexibility index (Phi) is 2.23. The van der Waals surface area contributed by atoms with Crippen molar-refractivity contribution in [3.8, 4) is 5.69 Å². The third kappa shape index (κ3) is 1.48. The van der Waals surface area contributed by atoms with E-state index in [-0.39, 0.29) is 0 Å². The van der Waals surface area contributed by atoms with Crippen molar-refractivity contribution in [1.82, 2.24) is 14.5 Å². The maximum atomic E-state index is 6.16. The summed E-state index contributed by atoms with van der Waals surface area (Å²) in [7, 11) is 0. The van der Waals surface area contributed by atoms with Gasteiger partial charge in [0.25, 0.3) is 0 Å². The van der Waals surface area contributed by atoms with Gasteiger partial charge in [-0.1, -0.05) is 30.3 Å². The first-order valence-electron chi connectivity index (χ1n) is 6.40. The molecule has 4 rings (SSSR count). The minimum absolute atomic E-state index is 0.645. The molecule has 0 spiro atoms. The number of imidazole rings is 1. The van der Waals surface area contributed by atoms with Crippen molar-refractivity contribution >= 4 is 27.6 Å². The van der Waals surface area contributed by atoms with Gasteiger partial charge in [0.2, 0.25) is 0 Å². The predicted molar refractivity (Wildman–Crippen MR) is 80.8 cm³/mol. The zero-order chi connectivity index (χ0) is 13.5. The molecule has 20 heavy (non-hydrogen) atoms. The van der Waals surface area contributed by atoms with Gasteiger partial charge in [-0.2, -0.15) is 0 Å². The van der Waals surface area contributed by atoms with Crippen LogP contribution in [0, 0.1) is 0 Å². The number of nitrogens with zero attached hydrogens (tertiary/aromatic N) is 3. The fraction of sp³-hybridized carbons (Fsp3) is 0. The van der Waals surface area contributed by atoms with E-state index < -0.39 is 0 Å². The van der Waals surface area contributed by atoms with Crippen LogP contribution in [0.3, 0.4) is 0 Å². The van der Waals surface area contributed by atoms with E-state index in [0.29, 0.717) is 5.69 Å². The second-order valence-corrected chi connectivity index (χ2v) is 4.68. The van der Waals surface area contributed by atoms with E-state index in [1.807, 2.05) is 59.4 Å². The molecule has 0 amide bonds. The molecule has 2 heterocycles. The Morgan fingerprint density at radius 3 is 2.50 bits per heavy atom. The number of hydrogen-bond acceptors (Lipinski definition) is 3. The van der Waals surface area contributed by atoms with Crippen LogP contribution in [0.1, 0.15) is 0 Å². The Labute approximate surface area is 115 Å². The predicted octanol–water partition coefficient (Wildman–Crippen LogP) is 3.16. The van der Waals surface area contributed by atoms with E-state index >= 15 is 0 Å². The van der Waals surface area contributed by atoms with Crippen LogP contribution in [0.5, 0.6) is 0 Å². The van der Waals surface area contributed by atoms with Crippen LogP contribution in [0.2, 0.25) is 0 Å². The van der Waals surface area contributed by atoms with Crippen LogP contribution in [0.25, 0.3) is 27.6 Å². The summed E-state index contributed by atoms with van der Waals surface area (Å²) in [5.74, 6) is 0. The van der Waals surface area contributed by atoms with Gasteiger partial charge in [0.1, 0.15) is 6.33 Å². The zero-order valence-corrected chi connectivity index (χ0v) is 10.7. The van der Waals surface area contributed by atoms with Gasteiger partial charge in [-0.05, 0) is 18.2 Å². The topological polar surface area (TPSA) is 56.7 Å². The molecule has 2 aromatic heterocycles. The highest BCUT2D eigenvalue weighted by Gasteiger charge is 2.11. The fourth-order valence-electron chi connectivity index (χ4n) is 2.55. The van der Waals surface area contributed by atoms with E-state index in [4.69, 9.17) is 5.73 Å². The Morgan fingerprint density at radius 2 is 1.60 bits per heavy atom. The van der Waals surface area contributed by atoms with E-state index in [0.717, 1.165) is 27.6 Å². The standard InChI is InChI=1S/C16H12N4/c17-12-9-18-13-6-2-1-5-11(13)16(12)20-10-19-14-7-3-4-8-15(14)20/h1-10H,17H2. The van der Waals surface area contributed by atoms with Crippen molar-refractivity contribution in [2.75, 3.05) is 5.73 Å². The second-order valence-electron chi connectivity index (χ2n) is 4.68. The maximum Gasteiger partial charge on any atom is 0.100 e. The van der Waals surface area contributed by atoms with Crippen molar-refractivity contribution in [1.29, 1.82) is 0 Å². The van der Waals surface area contributed by atoms with E-state index in [1.54, 1.807) is 6.20 Å². The summed E-state index contributed by atoms with van der Waals surface area (Å²) in [6.07, 6.45) is 3.51. The quantitative estimate of drug-likeness (QED) is 0.572. The molecule has 2 aromatic carbocycles. The molecule has 96 valence electrons. The Morgan fingerprint density at radius 1 is 0.850 bits per heavy atom. The highest BCUT2D eigenvalue weighted by Crippen LogP contribution is 2.28. The smallest absolute Gasteiger partial charge is 0.100 e. The molecule has 0 fully saturated rings. The molecule has 2 N–H and O–H groups in total. The van der Waals surface area contributed by atoms with Crippen LogP contribution in [-0.2, 0) is 0 Å². The minimum atomic E-state index is 0.645. The number of para-hydroxylation sites is 3. The lowest BCUT2D eigenvalue weighted by Crippen LogP contribution is -2.01. The molecule has 0 radical (unpaired) electrons. The molecule has 0 aliphatic rings. The summed E-state index contributed by atoms with van der Waals surface area (Å²) < 4.78 is 2.02. The number of rotatable bonds is 1. The van der Waals surface area contributed by atoms with Gasteiger partial charge >= 0.3 is 0 Å². The number of hydrogen-bond donors (Lipinski definition) is 1. The summed E-state index contributed by atoms with van der Waals surface area (Å²) in [5, 5.41) is 1.02. The largest absolute Gasteiger partial charge is 0.396 e. The molecule has 0 aliphatic carbocycles. The molecular formula is C16H12N4. The van der Waals surface area contributed by atoms with Crippen molar-refractivity contribution in [2.24, 2.45) is 0 Å². The van der Waals surface area contributed by atoms with Gasteiger partial charge in [-0.3, -0.25) is 9.55 Å². The first kappa shape index (κ1) is 11.0. The van der Waals surface area contributed by atoms with Gasteiger partial charge in [0.15, 0.2) is 0 Å². The van der Waals surface area contributed by atoms with Crippen LogP contribution in [0.4, 0.5) is 5.69 Å². The average molecular weight is 260 g/mol. The van der Waals surface area contributed by atoms with Gasteiger partial charge in [-0.25, -0.2) is 4.98 Å². The monoisotopic (exact) mass is 260 g/mol. The number of benzene rings is 2. The molecular weight excluding hydrogens is 248 g/mol. The van der Waals surface area contributed by atoms with Crippen LogP contribution in [0.15, 0.2) is 61.1 Å². The number of pyridine rings is 1. The highest BCUT2D eigenvalue weighted by molar-refractivity contribution is 5.94. The Bertz CT molecular complexity index is 924. The molecule has 0 saturated heterocycles. The summed E-state index contributed by atoms with van der Waals surface area (Å²) in [6.45, 7) is 0. The maximum absolute atomic E-state index is 6.16. The lowest BCUT2D eigenvalue weighted by Gasteiger charge is -2.11. The molecule has 0 aliphatic heterocycles. The summed E-state index contributed by atoms with van der Waals surface area (Å²) in [5.41, 5.74) is 10.7. The lowest BCUT2D eigenvalue weighted by atomic mass is 10.1. The molecule has 0 saturated carbocycles. The van der Waals surface area contributed by atoms with Gasteiger partial charge in [0, 0.05) is 5.39 Å². The molecule has 0 bridgehead atoms. The Hall–Kier alpha value is -2.88. The van der Waals surface area contributed by atoms with Gasteiger partial charge in [0.05, 0.1) is 34.1 Å². The molecule has 0 unspecified atom stereocenters. The number of nitrogens with two attached hydrogens (primary N) is 1. The second kappa shape index (κ2) is 4.06. The van der Waals surface area contributed by atoms with Crippen molar-refractivity contribution in [3.63, 3.8) is 0 Å². The number of aromatic nitrogens is 3. The van der Waals surface area contributed by atoms with Crippen molar-refractivity contribution in [2.45, 2.75) is 0 Å². The number of nitrogen functional groups attached to an aromatic ring is 1. The number of anilines is 1. The fourth-order valence-corrected chi connectivity index (χ4v) is 2.55. The summed E-state index contributed by atoms with van der Waals surface area (Å²) in [6, 6.07) is 16.0. The van der Waals surface area contributed by atoms with Crippen LogP contribution in [-0.4, -0.2) is 14.5 Å². The van der Waals surface area contributed by atoms with Crippen molar-refractivity contribution in [3.05, 3.63) is 61.1 Å². The molecule has 4 nitrogen and oxygen atoms in total. The highest BCUT2D eigenvalue weighted by atomic mass is 15.1.